The summed E-state index contributed by atoms with van der Waals surface area (Å²) in [7, 11) is 0. The van der Waals surface area contributed by atoms with Crippen molar-refractivity contribution in [1.82, 2.24) is 0 Å². The van der Waals surface area contributed by atoms with E-state index in [1.807, 2.05) is 30.3 Å². The SMILES string of the molecule is Clc1ccccc1CNc1cc2c(cc1Cl)OCCO2. The first-order chi connectivity index (χ1) is 9.74. The number of hydrogen-bond acceptors (Lipinski definition) is 3. The standard InChI is InChI=1S/C15H13Cl2NO2/c16-11-4-2-1-3-10(11)9-18-13-8-15-14(7-12(13)17)19-5-6-20-15/h1-4,7-8,18H,5-6,9H2. The third-order valence-electron chi connectivity index (χ3n) is 3.06. The molecule has 104 valence electrons. The van der Waals surface area contributed by atoms with Gasteiger partial charge < -0.3 is 14.8 Å². The Balaban J connectivity index is 1.79. The quantitative estimate of drug-likeness (QED) is 0.913. The van der Waals surface area contributed by atoms with Gasteiger partial charge in [-0.3, -0.25) is 0 Å². The van der Waals surface area contributed by atoms with E-state index in [9.17, 15) is 0 Å². The Labute approximate surface area is 127 Å². The molecule has 0 fully saturated rings. The summed E-state index contributed by atoms with van der Waals surface area (Å²) in [5, 5.41) is 4.60. The molecule has 1 aliphatic rings. The first-order valence-electron chi connectivity index (χ1n) is 6.30. The lowest BCUT2D eigenvalue weighted by Gasteiger charge is -2.20. The number of rotatable bonds is 3. The Morgan fingerprint density at radius 3 is 2.40 bits per heavy atom. The Bertz CT molecular complexity index is 631. The molecule has 1 aliphatic heterocycles. The van der Waals surface area contributed by atoms with Crippen LogP contribution in [0.2, 0.25) is 10.0 Å². The van der Waals surface area contributed by atoms with E-state index in [0.717, 1.165) is 16.3 Å². The predicted molar refractivity (Wildman–Crippen MR) is 81.2 cm³/mol. The lowest BCUT2D eigenvalue weighted by molar-refractivity contribution is 0.171. The van der Waals surface area contributed by atoms with Crippen molar-refractivity contribution in [2.24, 2.45) is 0 Å². The zero-order valence-corrected chi connectivity index (χ0v) is 12.2. The minimum Gasteiger partial charge on any atom is -0.486 e. The summed E-state index contributed by atoms with van der Waals surface area (Å²) in [6.07, 6.45) is 0. The molecule has 0 aromatic heterocycles. The van der Waals surface area contributed by atoms with Crippen LogP contribution in [-0.2, 0) is 6.54 Å². The van der Waals surface area contributed by atoms with Crippen molar-refractivity contribution in [2.45, 2.75) is 6.54 Å². The van der Waals surface area contributed by atoms with Gasteiger partial charge in [-0.15, -0.1) is 0 Å². The van der Waals surface area contributed by atoms with E-state index < -0.39 is 0 Å². The van der Waals surface area contributed by atoms with Gasteiger partial charge in [0.05, 0.1) is 10.7 Å². The molecule has 2 aromatic carbocycles. The fraction of sp³-hybridized carbons (Fsp3) is 0.200. The summed E-state index contributed by atoms with van der Waals surface area (Å²) in [6, 6.07) is 11.3. The molecule has 0 saturated carbocycles. The third kappa shape index (κ3) is 2.79. The van der Waals surface area contributed by atoms with Gasteiger partial charge in [0.2, 0.25) is 0 Å². The van der Waals surface area contributed by atoms with Crippen LogP contribution in [0.25, 0.3) is 0 Å². The Hall–Kier alpha value is -1.58. The van der Waals surface area contributed by atoms with Gasteiger partial charge in [0.25, 0.3) is 0 Å². The first-order valence-corrected chi connectivity index (χ1v) is 7.06. The number of ether oxygens (including phenoxy) is 2. The van der Waals surface area contributed by atoms with Crippen LogP contribution in [0.1, 0.15) is 5.56 Å². The zero-order chi connectivity index (χ0) is 13.9. The van der Waals surface area contributed by atoms with Crippen LogP contribution in [0.15, 0.2) is 36.4 Å². The number of hydrogen-bond donors (Lipinski definition) is 1. The van der Waals surface area contributed by atoms with E-state index in [-0.39, 0.29) is 0 Å². The summed E-state index contributed by atoms with van der Waals surface area (Å²) in [5.41, 5.74) is 1.82. The Morgan fingerprint density at radius 1 is 0.950 bits per heavy atom. The number of fused-ring (bicyclic) bond motifs is 1. The molecule has 1 N–H and O–H groups in total. The van der Waals surface area contributed by atoms with Gasteiger partial charge in [-0.1, -0.05) is 41.4 Å². The average molecular weight is 310 g/mol. The van der Waals surface area contributed by atoms with Gasteiger partial charge in [0, 0.05) is 23.7 Å². The largest absolute Gasteiger partial charge is 0.486 e. The molecule has 0 bridgehead atoms. The number of anilines is 1. The summed E-state index contributed by atoms with van der Waals surface area (Å²) in [5.74, 6) is 1.40. The molecule has 0 aliphatic carbocycles. The molecule has 20 heavy (non-hydrogen) atoms. The van der Waals surface area contributed by atoms with Gasteiger partial charge in [0.15, 0.2) is 11.5 Å². The lowest BCUT2D eigenvalue weighted by Crippen LogP contribution is -2.15. The maximum atomic E-state index is 6.24. The van der Waals surface area contributed by atoms with Crippen LogP contribution < -0.4 is 14.8 Å². The van der Waals surface area contributed by atoms with Crippen LogP contribution in [0.5, 0.6) is 11.5 Å². The smallest absolute Gasteiger partial charge is 0.163 e. The van der Waals surface area contributed by atoms with Gasteiger partial charge >= 0.3 is 0 Å². The fourth-order valence-electron chi connectivity index (χ4n) is 2.03. The van der Waals surface area contributed by atoms with Crippen molar-refractivity contribution in [3.8, 4) is 11.5 Å². The van der Waals surface area contributed by atoms with Gasteiger partial charge in [-0.05, 0) is 11.6 Å². The highest BCUT2D eigenvalue weighted by Crippen LogP contribution is 2.38. The van der Waals surface area contributed by atoms with Crippen molar-refractivity contribution < 1.29 is 9.47 Å². The molecule has 0 amide bonds. The molecule has 0 atom stereocenters. The van der Waals surface area contributed by atoms with Crippen molar-refractivity contribution in [3.05, 3.63) is 52.0 Å². The zero-order valence-electron chi connectivity index (χ0n) is 10.7. The molecule has 1 heterocycles. The van der Waals surface area contributed by atoms with Crippen molar-refractivity contribution >= 4 is 28.9 Å². The number of halogens is 2. The van der Waals surface area contributed by atoms with Crippen LogP contribution in [0, 0.1) is 0 Å². The first kappa shape index (κ1) is 13.4. The van der Waals surface area contributed by atoms with E-state index >= 15 is 0 Å². The molecular formula is C15H13Cl2NO2. The van der Waals surface area contributed by atoms with Crippen molar-refractivity contribution in [1.29, 1.82) is 0 Å². The molecule has 5 heteroatoms. The van der Waals surface area contributed by atoms with Gasteiger partial charge in [-0.25, -0.2) is 0 Å². The molecule has 0 saturated heterocycles. The second-order valence-electron chi connectivity index (χ2n) is 4.42. The van der Waals surface area contributed by atoms with Crippen LogP contribution in [0.4, 0.5) is 5.69 Å². The minimum absolute atomic E-state index is 0.551. The number of nitrogens with one attached hydrogen (secondary N) is 1. The summed E-state index contributed by atoms with van der Waals surface area (Å²) >= 11 is 12.4. The molecular weight excluding hydrogens is 297 g/mol. The maximum absolute atomic E-state index is 6.24. The molecule has 0 radical (unpaired) electrons. The summed E-state index contributed by atoms with van der Waals surface area (Å²) in [6.45, 7) is 1.70. The average Bonchev–Trinajstić information content (AvgIpc) is 2.46. The van der Waals surface area contributed by atoms with Crippen LogP contribution in [-0.4, -0.2) is 13.2 Å². The highest BCUT2D eigenvalue weighted by Gasteiger charge is 2.15. The van der Waals surface area contributed by atoms with E-state index in [1.54, 1.807) is 6.07 Å². The Morgan fingerprint density at radius 2 is 1.65 bits per heavy atom. The molecule has 0 spiro atoms. The van der Waals surface area contributed by atoms with Crippen molar-refractivity contribution in [3.63, 3.8) is 0 Å². The second-order valence-corrected chi connectivity index (χ2v) is 5.24. The predicted octanol–water partition coefficient (Wildman–Crippen LogP) is 4.38. The van der Waals surface area contributed by atoms with Crippen molar-refractivity contribution in [2.75, 3.05) is 18.5 Å². The summed E-state index contributed by atoms with van der Waals surface area (Å²) < 4.78 is 11.0. The van der Waals surface area contributed by atoms with Gasteiger partial charge in [-0.2, -0.15) is 0 Å². The Kier molecular flexibility index (Phi) is 3.90. The molecule has 3 nitrogen and oxygen atoms in total. The molecule has 0 unspecified atom stereocenters. The van der Waals surface area contributed by atoms with Crippen LogP contribution in [0.3, 0.4) is 0 Å². The second kappa shape index (κ2) is 5.81. The highest BCUT2D eigenvalue weighted by atomic mass is 35.5. The summed E-state index contributed by atoms with van der Waals surface area (Å²) in [4.78, 5) is 0. The topological polar surface area (TPSA) is 30.5 Å². The van der Waals surface area contributed by atoms with E-state index in [0.29, 0.717) is 36.3 Å². The monoisotopic (exact) mass is 309 g/mol. The van der Waals surface area contributed by atoms with E-state index in [2.05, 4.69) is 5.32 Å². The molecule has 2 aromatic rings. The van der Waals surface area contributed by atoms with Gasteiger partial charge in [0.1, 0.15) is 13.2 Å². The van der Waals surface area contributed by atoms with E-state index in [1.165, 1.54) is 0 Å². The fourth-order valence-corrected chi connectivity index (χ4v) is 2.45. The normalized spacial score (nSPS) is 13.1. The lowest BCUT2D eigenvalue weighted by atomic mass is 10.2. The highest BCUT2D eigenvalue weighted by molar-refractivity contribution is 6.33. The van der Waals surface area contributed by atoms with Crippen LogP contribution >= 0.6 is 23.2 Å². The third-order valence-corrected chi connectivity index (χ3v) is 3.74. The maximum Gasteiger partial charge on any atom is 0.163 e. The van der Waals surface area contributed by atoms with E-state index in [4.69, 9.17) is 32.7 Å². The minimum atomic E-state index is 0.551. The number of benzene rings is 2. The molecule has 3 rings (SSSR count).